The van der Waals surface area contributed by atoms with Gasteiger partial charge in [0, 0.05) is 19.5 Å². The Morgan fingerprint density at radius 3 is 2.62 bits per heavy atom. The van der Waals surface area contributed by atoms with Crippen molar-refractivity contribution < 1.29 is 4.79 Å². The molecule has 0 bridgehead atoms. The zero-order valence-corrected chi connectivity index (χ0v) is 8.17. The van der Waals surface area contributed by atoms with Crippen molar-refractivity contribution in [2.24, 2.45) is 5.92 Å². The van der Waals surface area contributed by atoms with Gasteiger partial charge >= 0.3 is 0 Å². The van der Waals surface area contributed by atoms with Gasteiger partial charge in [-0.2, -0.15) is 0 Å². The topological polar surface area (TPSA) is 20.3 Å². The molecule has 73 valence electrons. The fourth-order valence-electron chi connectivity index (χ4n) is 2.93. The van der Waals surface area contributed by atoms with Gasteiger partial charge in [-0.15, -0.1) is 0 Å². The van der Waals surface area contributed by atoms with Gasteiger partial charge in [0.15, 0.2) is 0 Å². The third-order valence-electron chi connectivity index (χ3n) is 3.56. The number of carbonyl (C=O) groups is 1. The van der Waals surface area contributed by atoms with Gasteiger partial charge < -0.3 is 4.90 Å². The molecule has 0 aromatic heterocycles. The van der Waals surface area contributed by atoms with E-state index in [1.54, 1.807) is 0 Å². The first-order valence-corrected chi connectivity index (χ1v) is 5.41. The highest BCUT2D eigenvalue weighted by Gasteiger charge is 2.34. The van der Waals surface area contributed by atoms with Gasteiger partial charge in [-0.3, -0.25) is 4.79 Å². The summed E-state index contributed by atoms with van der Waals surface area (Å²) in [5.74, 6) is 0.824. The van der Waals surface area contributed by atoms with Crippen LogP contribution >= 0.6 is 0 Å². The zero-order valence-electron chi connectivity index (χ0n) is 8.17. The summed E-state index contributed by atoms with van der Waals surface area (Å²) >= 11 is 0. The normalized spacial score (nSPS) is 34.1. The summed E-state index contributed by atoms with van der Waals surface area (Å²) in [6, 6.07) is 0.535. The molecule has 2 nitrogen and oxygen atoms in total. The molecule has 1 heterocycles. The van der Waals surface area contributed by atoms with E-state index in [4.69, 9.17) is 0 Å². The van der Waals surface area contributed by atoms with Crippen LogP contribution in [0.15, 0.2) is 0 Å². The largest absolute Gasteiger partial charge is 0.339 e. The van der Waals surface area contributed by atoms with E-state index in [9.17, 15) is 4.79 Å². The van der Waals surface area contributed by atoms with E-state index >= 15 is 0 Å². The first-order chi connectivity index (χ1) is 6.29. The minimum Gasteiger partial charge on any atom is -0.339 e. The second-order valence-corrected chi connectivity index (χ2v) is 4.34. The SMILES string of the molecule is [CH2]C(=O)N1CCCC2CCCCC21. The lowest BCUT2D eigenvalue weighted by atomic mass is 9.78. The van der Waals surface area contributed by atoms with Crippen LogP contribution in [0.3, 0.4) is 0 Å². The maximum atomic E-state index is 11.3. The number of hydrogen-bond donors (Lipinski definition) is 0. The number of carbonyl (C=O) groups excluding carboxylic acids is 1. The molecule has 1 aliphatic heterocycles. The molecular formula is C11H18NO. The number of hydrogen-bond acceptors (Lipinski definition) is 1. The fourth-order valence-corrected chi connectivity index (χ4v) is 2.93. The Balaban J connectivity index is 2.06. The van der Waals surface area contributed by atoms with Crippen LogP contribution in [0.1, 0.15) is 38.5 Å². The molecule has 1 saturated heterocycles. The molecule has 0 aromatic rings. The lowest BCUT2D eigenvalue weighted by Crippen LogP contribution is -2.48. The molecule has 2 fully saturated rings. The molecular weight excluding hydrogens is 162 g/mol. The van der Waals surface area contributed by atoms with Gasteiger partial charge in [0.1, 0.15) is 0 Å². The highest BCUT2D eigenvalue weighted by molar-refractivity contribution is 5.80. The lowest BCUT2D eigenvalue weighted by molar-refractivity contribution is -0.132. The average Bonchev–Trinajstić information content (AvgIpc) is 2.17. The summed E-state index contributed by atoms with van der Waals surface area (Å²) in [4.78, 5) is 13.3. The van der Waals surface area contributed by atoms with Crippen LogP contribution in [-0.2, 0) is 4.79 Å². The van der Waals surface area contributed by atoms with Crippen LogP contribution in [0.4, 0.5) is 0 Å². The van der Waals surface area contributed by atoms with Gasteiger partial charge in [0.25, 0.3) is 0 Å². The molecule has 0 aromatic carbocycles. The van der Waals surface area contributed by atoms with Gasteiger partial charge in [-0.1, -0.05) is 12.8 Å². The Kier molecular flexibility index (Phi) is 2.56. The molecule has 2 rings (SSSR count). The number of rotatable bonds is 0. The van der Waals surface area contributed by atoms with E-state index in [-0.39, 0.29) is 5.91 Å². The van der Waals surface area contributed by atoms with Crippen LogP contribution in [0.25, 0.3) is 0 Å². The second-order valence-electron chi connectivity index (χ2n) is 4.34. The standard InChI is InChI=1S/C11H18NO/c1-9(13)12-8-4-6-10-5-2-3-7-11(10)12/h10-11H,1-8H2. The predicted molar refractivity (Wildman–Crippen MR) is 52.1 cm³/mol. The van der Waals surface area contributed by atoms with Gasteiger partial charge in [0.05, 0.1) is 0 Å². The van der Waals surface area contributed by atoms with Crippen LogP contribution in [0, 0.1) is 12.8 Å². The van der Waals surface area contributed by atoms with Gasteiger partial charge in [0.2, 0.25) is 5.91 Å². The van der Waals surface area contributed by atoms with E-state index in [1.165, 1.54) is 38.5 Å². The third-order valence-corrected chi connectivity index (χ3v) is 3.56. The van der Waals surface area contributed by atoms with E-state index in [0.717, 1.165) is 12.5 Å². The Bertz CT molecular complexity index is 200. The zero-order chi connectivity index (χ0) is 9.26. The summed E-state index contributed by atoms with van der Waals surface area (Å²) in [6.45, 7) is 4.49. The van der Waals surface area contributed by atoms with Crippen LogP contribution in [0.5, 0.6) is 0 Å². The van der Waals surface area contributed by atoms with Crippen LogP contribution < -0.4 is 0 Å². The van der Waals surface area contributed by atoms with E-state index in [1.807, 2.05) is 4.90 Å². The quantitative estimate of drug-likeness (QED) is 0.558. The summed E-state index contributed by atoms with van der Waals surface area (Å²) < 4.78 is 0. The second kappa shape index (κ2) is 3.69. The van der Waals surface area contributed by atoms with Crippen molar-refractivity contribution in [3.05, 3.63) is 6.92 Å². The first-order valence-electron chi connectivity index (χ1n) is 5.41. The van der Waals surface area contributed by atoms with E-state index < -0.39 is 0 Å². The molecule has 1 aliphatic carbocycles. The molecule has 2 heteroatoms. The molecule has 2 aliphatic rings. The van der Waals surface area contributed by atoms with Crippen molar-refractivity contribution in [3.8, 4) is 0 Å². The van der Waals surface area contributed by atoms with Crippen LogP contribution in [-0.4, -0.2) is 23.4 Å². The summed E-state index contributed by atoms with van der Waals surface area (Å²) in [7, 11) is 0. The molecule has 2 unspecified atom stereocenters. The first kappa shape index (κ1) is 9.04. The van der Waals surface area contributed by atoms with Crippen molar-refractivity contribution in [3.63, 3.8) is 0 Å². The molecule has 2 atom stereocenters. The highest BCUT2D eigenvalue weighted by Crippen LogP contribution is 2.34. The third kappa shape index (κ3) is 1.72. The Morgan fingerprint density at radius 2 is 1.85 bits per heavy atom. The van der Waals surface area contributed by atoms with Crippen molar-refractivity contribution >= 4 is 5.91 Å². The smallest absolute Gasteiger partial charge is 0.223 e. The summed E-state index contributed by atoms with van der Waals surface area (Å²) in [5, 5.41) is 0. The Morgan fingerprint density at radius 1 is 1.15 bits per heavy atom. The number of nitrogens with zero attached hydrogens (tertiary/aromatic N) is 1. The summed E-state index contributed by atoms with van der Waals surface area (Å²) in [6.07, 6.45) is 7.71. The molecule has 1 saturated carbocycles. The minimum atomic E-state index is 0.0385. The summed E-state index contributed by atoms with van der Waals surface area (Å²) in [5.41, 5.74) is 0. The lowest BCUT2D eigenvalue weighted by Gasteiger charge is -2.43. The highest BCUT2D eigenvalue weighted by atomic mass is 16.2. The maximum Gasteiger partial charge on any atom is 0.223 e. The number of piperidine rings is 1. The predicted octanol–water partition coefficient (Wildman–Crippen LogP) is 2.00. The van der Waals surface area contributed by atoms with Crippen LogP contribution in [0.2, 0.25) is 0 Å². The maximum absolute atomic E-state index is 11.3. The molecule has 0 spiro atoms. The van der Waals surface area contributed by atoms with Gasteiger partial charge in [-0.25, -0.2) is 0 Å². The minimum absolute atomic E-state index is 0.0385. The van der Waals surface area contributed by atoms with E-state index in [0.29, 0.717) is 6.04 Å². The van der Waals surface area contributed by atoms with Crippen molar-refractivity contribution in [1.82, 2.24) is 4.90 Å². The van der Waals surface area contributed by atoms with E-state index in [2.05, 4.69) is 6.92 Å². The van der Waals surface area contributed by atoms with Crippen molar-refractivity contribution in [1.29, 1.82) is 0 Å². The fraction of sp³-hybridized carbons (Fsp3) is 0.818. The number of likely N-dealkylation sites (tertiary alicyclic amines) is 1. The Hall–Kier alpha value is -0.530. The Labute approximate surface area is 80.3 Å². The van der Waals surface area contributed by atoms with Crippen molar-refractivity contribution in [2.45, 2.75) is 44.6 Å². The molecule has 0 N–H and O–H groups in total. The number of amides is 1. The average molecular weight is 180 g/mol. The van der Waals surface area contributed by atoms with Gasteiger partial charge in [-0.05, 0) is 31.6 Å². The molecule has 13 heavy (non-hydrogen) atoms. The molecule has 1 amide bonds. The molecule has 1 radical (unpaired) electrons. The monoisotopic (exact) mass is 180 g/mol. The number of fused-ring (bicyclic) bond motifs is 1. The van der Waals surface area contributed by atoms with Crippen molar-refractivity contribution in [2.75, 3.05) is 6.54 Å².